The fourth-order valence-corrected chi connectivity index (χ4v) is 3.96. The molecule has 0 radical (unpaired) electrons. The highest BCUT2D eigenvalue weighted by molar-refractivity contribution is 5.00. The molecular weight excluding hydrogens is 258 g/mol. The van der Waals surface area contributed by atoms with Gasteiger partial charge in [-0.1, -0.05) is 60.3 Å². The molecule has 0 aromatic heterocycles. The molecule has 0 aromatic carbocycles. The summed E-state index contributed by atoms with van der Waals surface area (Å²) in [4.78, 5) is 2.66. The molecule has 0 unspecified atom stereocenters. The molecular formula is C19H39NO. The first-order valence-corrected chi connectivity index (χ1v) is 9.44. The molecule has 0 bridgehead atoms. The van der Waals surface area contributed by atoms with Crippen molar-refractivity contribution in [2.75, 3.05) is 6.54 Å². The Morgan fingerprint density at radius 3 is 2.00 bits per heavy atom. The van der Waals surface area contributed by atoms with Gasteiger partial charge in [0, 0.05) is 12.6 Å². The third-order valence-electron chi connectivity index (χ3n) is 4.96. The van der Waals surface area contributed by atoms with E-state index in [4.69, 9.17) is 4.74 Å². The minimum atomic E-state index is 0.116. The van der Waals surface area contributed by atoms with E-state index in [-0.39, 0.29) is 5.60 Å². The van der Waals surface area contributed by atoms with Gasteiger partial charge in [0.15, 0.2) is 0 Å². The monoisotopic (exact) mass is 297 g/mol. The van der Waals surface area contributed by atoms with Crippen LogP contribution in [0.5, 0.6) is 0 Å². The first kappa shape index (κ1) is 19.0. The van der Waals surface area contributed by atoms with Crippen LogP contribution in [0.15, 0.2) is 0 Å². The molecule has 2 nitrogen and oxygen atoms in total. The Labute approximate surface area is 133 Å². The van der Waals surface area contributed by atoms with Crippen LogP contribution in [0, 0.1) is 5.92 Å². The second-order valence-corrected chi connectivity index (χ2v) is 7.37. The summed E-state index contributed by atoms with van der Waals surface area (Å²) in [6.07, 6.45) is 10.4. The first-order chi connectivity index (χ1) is 10.0. The SMILES string of the molecule is CCCCC1(CCCC)O[C@H](C)N(CCC)[C@H]1CC(C)C. The van der Waals surface area contributed by atoms with E-state index in [1.807, 2.05) is 0 Å². The first-order valence-electron chi connectivity index (χ1n) is 9.44. The molecule has 1 fully saturated rings. The third kappa shape index (κ3) is 4.96. The third-order valence-corrected chi connectivity index (χ3v) is 4.96. The van der Waals surface area contributed by atoms with Crippen molar-refractivity contribution in [2.45, 2.75) is 111 Å². The van der Waals surface area contributed by atoms with Gasteiger partial charge in [0.05, 0.1) is 5.60 Å². The summed E-state index contributed by atoms with van der Waals surface area (Å²) in [6.45, 7) is 15.0. The van der Waals surface area contributed by atoms with Gasteiger partial charge in [-0.05, 0) is 38.5 Å². The second kappa shape index (κ2) is 9.15. The number of hydrogen-bond acceptors (Lipinski definition) is 2. The molecule has 1 saturated heterocycles. The zero-order valence-electron chi connectivity index (χ0n) is 15.5. The zero-order chi connectivity index (χ0) is 15.9. The van der Waals surface area contributed by atoms with Crippen LogP contribution in [0.3, 0.4) is 0 Å². The molecule has 1 heterocycles. The van der Waals surface area contributed by atoms with Crippen molar-refractivity contribution in [2.24, 2.45) is 5.92 Å². The van der Waals surface area contributed by atoms with E-state index in [2.05, 4.69) is 46.4 Å². The van der Waals surface area contributed by atoms with E-state index in [0.717, 1.165) is 5.92 Å². The lowest BCUT2D eigenvalue weighted by Crippen LogP contribution is -2.46. The standard InChI is InChI=1S/C19H39NO/c1-7-10-12-19(13-11-8-2)18(15-16(4)5)20(14-9-3)17(6)21-19/h16-18H,7-15H2,1-6H3/t17-,18+/m1/s1. The van der Waals surface area contributed by atoms with E-state index in [1.165, 1.54) is 57.9 Å². The molecule has 2 atom stereocenters. The molecule has 0 saturated carbocycles. The van der Waals surface area contributed by atoms with Crippen molar-refractivity contribution < 1.29 is 4.74 Å². The fraction of sp³-hybridized carbons (Fsp3) is 1.00. The smallest absolute Gasteiger partial charge is 0.108 e. The average molecular weight is 298 g/mol. The molecule has 0 N–H and O–H groups in total. The summed E-state index contributed by atoms with van der Waals surface area (Å²) in [5, 5.41) is 0. The minimum Gasteiger partial charge on any atom is -0.355 e. The molecule has 2 heteroatoms. The van der Waals surface area contributed by atoms with Gasteiger partial charge >= 0.3 is 0 Å². The predicted octanol–water partition coefficient (Wildman–Crippen LogP) is 5.61. The Kier molecular flexibility index (Phi) is 8.26. The Balaban J connectivity index is 2.97. The van der Waals surface area contributed by atoms with Gasteiger partial charge in [-0.3, -0.25) is 4.90 Å². The quantitative estimate of drug-likeness (QED) is 0.520. The van der Waals surface area contributed by atoms with Crippen molar-refractivity contribution in [1.29, 1.82) is 0 Å². The summed E-state index contributed by atoms with van der Waals surface area (Å²) in [5.74, 6) is 0.742. The molecule has 0 spiro atoms. The summed E-state index contributed by atoms with van der Waals surface area (Å²) >= 11 is 0. The Morgan fingerprint density at radius 1 is 1.00 bits per heavy atom. The highest BCUT2D eigenvalue weighted by Gasteiger charge is 2.50. The maximum Gasteiger partial charge on any atom is 0.108 e. The van der Waals surface area contributed by atoms with E-state index in [9.17, 15) is 0 Å². The van der Waals surface area contributed by atoms with Gasteiger partial charge in [0.25, 0.3) is 0 Å². The Bertz CT molecular complexity index is 269. The predicted molar refractivity (Wildman–Crippen MR) is 92.6 cm³/mol. The maximum absolute atomic E-state index is 6.66. The van der Waals surface area contributed by atoms with Crippen molar-refractivity contribution >= 4 is 0 Å². The van der Waals surface area contributed by atoms with E-state index >= 15 is 0 Å². The topological polar surface area (TPSA) is 12.5 Å². The van der Waals surface area contributed by atoms with Gasteiger partial charge in [0.1, 0.15) is 6.23 Å². The zero-order valence-corrected chi connectivity index (χ0v) is 15.5. The van der Waals surface area contributed by atoms with Crippen LogP contribution in [0.1, 0.15) is 92.9 Å². The minimum absolute atomic E-state index is 0.116. The normalized spacial score (nSPS) is 25.9. The van der Waals surface area contributed by atoms with Crippen LogP contribution in [0.25, 0.3) is 0 Å². The van der Waals surface area contributed by atoms with Crippen LogP contribution < -0.4 is 0 Å². The lowest BCUT2D eigenvalue weighted by Gasteiger charge is -2.37. The van der Waals surface area contributed by atoms with Crippen molar-refractivity contribution in [3.05, 3.63) is 0 Å². The molecule has 0 aliphatic carbocycles. The summed E-state index contributed by atoms with van der Waals surface area (Å²) in [5.41, 5.74) is 0.116. The summed E-state index contributed by atoms with van der Waals surface area (Å²) in [6, 6.07) is 0.616. The van der Waals surface area contributed by atoms with Gasteiger partial charge in [0.2, 0.25) is 0 Å². The number of hydrogen-bond donors (Lipinski definition) is 0. The van der Waals surface area contributed by atoms with Crippen molar-refractivity contribution in [3.8, 4) is 0 Å². The largest absolute Gasteiger partial charge is 0.355 e. The van der Waals surface area contributed by atoms with Crippen LogP contribution in [-0.2, 0) is 4.74 Å². The number of rotatable bonds is 10. The molecule has 0 amide bonds. The van der Waals surface area contributed by atoms with Crippen LogP contribution >= 0.6 is 0 Å². The highest BCUT2D eigenvalue weighted by atomic mass is 16.5. The molecule has 0 aromatic rings. The maximum atomic E-state index is 6.66. The van der Waals surface area contributed by atoms with Crippen molar-refractivity contribution in [1.82, 2.24) is 4.90 Å². The van der Waals surface area contributed by atoms with E-state index in [0.29, 0.717) is 12.3 Å². The Morgan fingerprint density at radius 2 is 1.57 bits per heavy atom. The highest BCUT2D eigenvalue weighted by Crippen LogP contribution is 2.43. The lowest BCUT2D eigenvalue weighted by atomic mass is 9.80. The van der Waals surface area contributed by atoms with Gasteiger partial charge in [-0.25, -0.2) is 0 Å². The second-order valence-electron chi connectivity index (χ2n) is 7.37. The van der Waals surface area contributed by atoms with Gasteiger partial charge in [-0.15, -0.1) is 0 Å². The summed E-state index contributed by atoms with van der Waals surface area (Å²) in [7, 11) is 0. The van der Waals surface area contributed by atoms with Gasteiger partial charge < -0.3 is 4.74 Å². The van der Waals surface area contributed by atoms with Crippen LogP contribution in [-0.4, -0.2) is 29.3 Å². The number of nitrogens with zero attached hydrogens (tertiary/aromatic N) is 1. The average Bonchev–Trinajstić information content (AvgIpc) is 2.68. The molecule has 1 rings (SSSR count). The fourth-order valence-electron chi connectivity index (χ4n) is 3.96. The van der Waals surface area contributed by atoms with Gasteiger partial charge in [-0.2, -0.15) is 0 Å². The lowest BCUT2D eigenvalue weighted by molar-refractivity contribution is -0.0637. The number of unbranched alkanes of at least 4 members (excludes halogenated alkanes) is 2. The molecule has 1 aliphatic rings. The van der Waals surface area contributed by atoms with Crippen LogP contribution in [0.4, 0.5) is 0 Å². The molecule has 1 aliphatic heterocycles. The molecule has 21 heavy (non-hydrogen) atoms. The van der Waals surface area contributed by atoms with Crippen molar-refractivity contribution in [3.63, 3.8) is 0 Å². The molecule has 126 valence electrons. The Hall–Kier alpha value is -0.0800. The van der Waals surface area contributed by atoms with Crippen LogP contribution in [0.2, 0.25) is 0 Å². The van der Waals surface area contributed by atoms with E-state index < -0.39 is 0 Å². The summed E-state index contributed by atoms with van der Waals surface area (Å²) < 4.78 is 6.66. The number of ether oxygens (including phenoxy) is 1. The van der Waals surface area contributed by atoms with E-state index in [1.54, 1.807) is 0 Å².